The molecular weight excluding hydrogens is 354 g/mol. The zero-order valence-corrected chi connectivity index (χ0v) is 15.5. The maximum Gasteiger partial charge on any atom is 0.255 e. The molecule has 0 aliphatic carbocycles. The maximum absolute atomic E-state index is 12.6. The highest BCUT2D eigenvalue weighted by molar-refractivity contribution is 6.05. The number of hydrogen-bond donors (Lipinski definition) is 1. The largest absolute Gasteiger partial charge is 0.497 e. The maximum atomic E-state index is 12.6. The minimum absolute atomic E-state index is 0.217. The Balaban J connectivity index is 1.56. The fourth-order valence-corrected chi connectivity index (χ4v) is 3.03. The van der Waals surface area contributed by atoms with Crippen LogP contribution < -0.4 is 14.8 Å². The molecule has 0 saturated heterocycles. The van der Waals surface area contributed by atoms with Crippen LogP contribution in [0.25, 0.3) is 16.7 Å². The molecule has 0 fully saturated rings. The van der Waals surface area contributed by atoms with E-state index < -0.39 is 0 Å². The monoisotopic (exact) mass is 373 g/mol. The summed E-state index contributed by atoms with van der Waals surface area (Å²) in [5.74, 6) is 0.978. The van der Waals surface area contributed by atoms with Crippen LogP contribution in [0.4, 0.5) is 5.69 Å². The van der Waals surface area contributed by atoms with Crippen LogP contribution in [0.2, 0.25) is 0 Å². The smallest absolute Gasteiger partial charge is 0.255 e. The number of amides is 1. The van der Waals surface area contributed by atoms with E-state index in [1.165, 1.54) is 0 Å². The van der Waals surface area contributed by atoms with Crippen LogP contribution in [0.5, 0.6) is 11.5 Å². The summed E-state index contributed by atoms with van der Waals surface area (Å²) in [5, 5.41) is 2.87. The number of aromatic nitrogens is 2. The Labute approximate surface area is 162 Å². The number of nitrogens with zero attached hydrogens (tertiary/aromatic N) is 2. The van der Waals surface area contributed by atoms with E-state index in [0.717, 1.165) is 16.7 Å². The van der Waals surface area contributed by atoms with Gasteiger partial charge in [-0.05, 0) is 48.5 Å². The number of anilines is 1. The minimum Gasteiger partial charge on any atom is -0.497 e. The van der Waals surface area contributed by atoms with Gasteiger partial charge in [-0.15, -0.1) is 0 Å². The molecule has 6 nitrogen and oxygen atoms in total. The number of fused-ring (bicyclic) bond motifs is 1. The number of ether oxygens (including phenoxy) is 2. The summed E-state index contributed by atoms with van der Waals surface area (Å²) in [4.78, 5) is 17.0. The van der Waals surface area contributed by atoms with Crippen LogP contribution in [-0.4, -0.2) is 29.7 Å². The molecule has 0 aliphatic rings. The molecule has 0 atom stereocenters. The third-order valence-corrected chi connectivity index (χ3v) is 4.52. The van der Waals surface area contributed by atoms with Gasteiger partial charge in [0.1, 0.15) is 17.8 Å². The lowest BCUT2D eigenvalue weighted by molar-refractivity contribution is 0.102. The summed E-state index contributed by atoms with van der Waals surface area (Å²) in [7, 11) is 3.13. The first-order chi connectivity index (χ1) is 13.7. The van der Waals surface area contributed by atoms with Crippen molar-refractivity contribution in [2.24, 2.45) is 0 Å². The highest BCUT2D eigenvalue weighted by Crippen LogP contribution is 2.29. The molecule has 0 spiro atoms. The molecule has 6 heteroatoms. The summed E-state index contributed by atoms with van der Waals surface area (Å²) in [6.45, 7) is 0. The van der Waals surface area contributed by atoms with Crippen molar-refractivity contribution in [2.45, 2.75) is 0 Å². The first-order valence-electron chi connectivity index (χ1n) is 8.75. The highest BCUT2D eigenvalue weighted by Gasteiger charge is 2.11. The Hall–Kier alpha value is -3.80. The zero-order valence-electron chi connectivity index (χ0n) is 15.5. The van der Waals surface area contributed by atoms with Gasteiger partial charge in [-0.2, -0.15) is 0 Å². The van der Waals surface area contributed by atoms with Crippen molar-refractivity contribution in [1.29, 1.82) is 0 Å². The number of nitrogens with one attached hydrogen (secondary N) is 1. The summed E-state index contributed by atoms with van der Waals surface area (Å²) in [6.07, 6.45) is 1.78. The van der Waals surface area contributed by atoms with E-state index in [4.69, 9.17) is 9.47 Å². The first-order valence-corrected chi connectivity index (χ1v) is 8.75. The predicted molar refractivity (Wildman–Crippen MR) is 109 cm³/mol. The van der Waals surface area contributed by atoms with Crippen molar-refractivity contribution in [3.63, 3.8) is 0 Å². The number of methoxy groups -OCH3 is 2. The number of rotatable bonds is 5. The molecule has 0 radical (unpaired) electrons. The molecule has 4 aromatic rings. The van der Waals surface area contributed by atoms with Crippen LogP contribution in [-0.2, 0) is 0 Å². The predicted octanol–water partition coefficient (Wildman–Crippen LogP) is 4.30. The van der Waals surface area contributed by atoms with Gasteiger partial charge in [0.2, 0.25) is 0 Å². The summed E-state index contributed by atoms with van der Waals surface area (Å²) in [6, 6.07) is 20.5. The Morgan fingerprint density at radius 3 is 2.50 bits per heavy atom. The van der Waals surface area contributed by atoms with Gasteiger partial charge in [-0.25, -0.2) is 4.98 Å². The fraction of sp³-hybridized carbons (Fsp3) is 0.0909. The van der Waals surface area contributed by atoms with Gasteiger partial charge in [-0.1, -0.05) is 12.1 Å². The van der Waals surface area contributed by atoms with E-state index in [0.29, 0.717) is 22.7 Å². The number of imidazole rings is 1. The molecule has 3 aromatic carbocycles. The Morgan fingerprint density at radius 2 is 1.75 bits per heavy atom. The second-order valence-electron chi connectivity index (χ2n) is 6.17. The second kappa shape index (κ2) is 7.44. The molecule has 0 unspecified atom stereocenters. The highest BCUT2D eigenvalue weighted by atomic mass is 16.5. The van der Waals surface area contributed by atoms with Crippen molar-refractivity contribution in [3.8, 4) is 17.2 Å². The van der Waals surface area contributed by atoms with E-state index in [1.54, 1.807) is 50.9 Å². The standard InChI is InChI=1S/C22H19N3O3/c1-27-17-11-12-19(21(13-17)28-2)24-22(26)15-7-9-16(10-8-15)25-14-23-18-5-3-4-6-20(18)25/h3-14H,1-2H3,(H,24,26). The molecule has 1 N–H and O–H groups in total. The molecule has 140 valence electrons. The van der Waals surface area contributed by atoms with Gasteiger partial charge in [0.05, 0.1) is 30.9 Å². The van der Waals surface area contributed by atoms with Gasteiger partial charge in [0.25, 0.3) is 5.91 Å². The van der Waals surface area contributed by atoms with Crippen molar-refractivity contribution in [3.05, 3.63) is 78.6 Å². The summed E-state index contributed by atoms with van der Waals surface area (Å²) < 4.78 is 12.5. The van der Waals surface area contributed by atoms with E-state index in [1.807, 2.05) is 41.0 Å². The number of carbonyl (C=O) groups is 1. The normalized spacial score (nSPS) is 10.6. The molecule has 1 aromatic heterocycles. The van der Waals surface area contributed by atoms with Gasteiger partial charge >= 0.3 is 0 Å². The molecule has 4 rings (SSSR count). The van der Waals surface area contributed by atoms with Crippen molar-refractivity contribution >= 4 is 22.6 Å². The molecule has 0 saturated carbocycles. The molecule has 1 heterocycles. The Kier molecular flexibility index (Phi) is 4.68. The lowest BCUT2D eigenvalue weighted by atomic mass is 10.1. The van der Waals surface area contributed by atoms with Gasteiger partial charge in [0.15, 0.2) is 0 Å². The van der Waals surface area contributed by atoms with Crippen LogP contribution in [0.3, 0.4) is 0 Å². The second-order valence-corrected chi connectivity index (χ2v) is 6.17. The van der Waals surface area contributed by atoms with E-state index in [9.17, 15) is 4.79 Å². The summed E-state index contributed by atoms with van der Waals surface area (Å²) >= 11 is 0. The van der Waals surface area contributed by atoms with Crippen molar-refractivity contribution < 1.29 is 14.3 Å². The number of carbonyl (C=O) groups excluding carboxylic acids is 1. The number of benzene rings is 3. The molecule has 0 bridgehead atoms. The van der Waals surface area contributed by atoms with E-state index >= 15 is 0 Å². The SMILES string of the molecule is COc1ccc(NC(=O)c2ccc(-n3cnc4ccccc43)cc2)c(OC)c1. The van der Waals surface area contributed by atoms with Crippen molar-refractivity contribution in [2.75, 3.05) is 19.5 Å². The Morgan fingerprint density at radius 1 is 0.964 bits per heavy atom. The van der Waals surface area contributed by atoms with Crippen LogP contribution in [0, 0.1) is 0 Å². The van der Waals surface area contributed by atoms with Crippen molar-refractivity contribution in [1.82, 2.24) is 9.55 Å². The first kappa shape index (κ1) is 17.6. The van der Waals surface area contributed by atoms with Crippen LogP contribution in [0.15, 0.2) is 73.1 Å². The third kappa shape index (κ3) is 3.27. The van der Waals surface area contributed by atoms with Gasteiger partial charge in [-0.3, -0.25) is 9.36 Å². The van der Waals surface area contributed by atoms with Crippen LogP contribution in [0.1, 0.15) is 10.4 Å². The summed E-state index contributed by atoms with van der Waals surface area (Å²) in [5.41, 5.74) is 4.01. The average molecular weight is 373 g/mol. The fourth-order valence-electron chi connectivity index (χ4n) is 3.03. The number of para-hydroxylation sites is 2. The van der Waals surface area contributed by atoms with E-state index in [-0.39, 0.29) is 5.91 Å². The molecular formula is C22H19N3O3. The Bertz CT molecular complexity index is 1130. The zero-order chi connectivity index (χ0) is 19.5. The average Bonchev–Trinajstić information content (AvgIpc) is 3.18. The van der Waals surface area contributed by atoms with Crippen LogP contribution >= 0.6 is 0 Å². The quantitative estimate of drug-likeness (QED) is 0.567. The lowest BCUT2D eigenvalue weighted by Crippen LogP contribution is -2.12. The van der Waals surface area contributed by atoms with E-state index in [2.05, 4.69) is 10.3 Å². The lowest BCUT2D eigenvalue weighted by Gasteiger charge is -2.12. The van der Waals surface area contributed by atoms with Gasteiger partial charge in [0, 0.05) is 17.3 Å². The van der Waals surface area contributed by atoms with Gasteiger partial charge < -0.3 is 14.8 Å². The molecule has 0 aliphatic heterocycles. The molecule has 28 heavy (non-hydrogen) atoms. The number of hydrogen-bond acceptors (Lipinski definition) is 4. The molecule has 1 amide bonds. The third-order valence-electron chi connectivity index (χ3n) is 4.52. The minimum atomic E-state index is -0.217. The topological polar surface area (TPSA) is 65.4 Å².